The van der Waals surface area contributed by atoms with E-state index in [0.717, 1.165) is 34.0 Å². The molecule has 6 heteroatoms. The van der Waals surface area contributed by atoms with E-state index in [0.29, 0.717) is 18.8 Å². The number of fused-ring (bicyclic) bond motifs is 2. The van der Waals surface area contributed by atoms with Gasteiger partial charge in [0, 0.05) is 24.2 Å². The van der Waals surface area contributed by atoms with Gasteiger partial charge in [-0.2, -0.15) is 0 Å². The summed E-state index contributed by atoms with van der Waals surface area (Å²) < 4.78 is 0. The fourth-order valence-electron chi connectivity index (χ4n) is 3.54. The number of hydrogen-bond acceptors (Lipinski definition) is 3. The Balaban J connectivity index is 1.54. The molecule has 0 spiro atoms. The van der Waals surface area contributed by atoms with E-state index in [1.54, 1.807) is 11.0 Å². The van der Waals surface area contributed by atoms with Crippen molar-refractivity contribution in [1.29, 1.82) is 0 Å². The van der Waals surface area contributed by atoms with Crippen LogP contribution in [0.2, 0.25) is 0 Å². The van der Waals surface area contributed by atoms with E-state index in [9.17, 15) is 9.90 Å². The van der Waals surface area contributed by atoms with Gasteiger partial charge in [-0.3, -0.25) is 4.79 Å². The predicted octanol–water partition coefficient (Wildman–Crippen LogP) is 4.17. The number of phenolic OH excluding ortho intramolecular Hbond substituents is 1. The average molecular weight is 404 g/mol. The van der Waals surface area contributed by atoms with Gasteiger partial charge in [0.25, 0.3) is 5.91 Å². The number of benzene rings is 3. The minimum absolute atomic E-state index is 0.134. The van der Waals surface area contributed by atoms with Crippen LogP contribution in [0.5, 0.6) is 5.75 Å². The third-order valence-electron chi connectivity index (χ3n) is 4.94. The molecule has 1 heterocycles. The molecule has 146 valence electrons. The van der Waals surface area contributed by atoms with Crippen LogP contribution < -0.4 is 10.2 Å². The molecule has 0 fully saturated rings. The normalized spacial score (nSPS) is 14.4. The molecule has 0 radical (unpaired) electrons. The molecule has 0 saturated heterocycles. The van der Waals surface area contributed by atoms with Crippen molar-refractivity contribution in [3.63, 3.8) is 0 Å². The highest BCUT2D eigenvalue weighted by molar-refractivity contribution is 7.80. The number of aliphatic imine (C=N–C) groups is 1. The van der Waals surface area contributed by atoms with Crippen molar-refractivity contribution in [2.45, 2.75) is 19.9 Å². The molecule has 0 atom stereocenters. The lowest BCUT2D eigenvalue weighted by Gasteiger charge is -2.15. The first-order valence-electron chi connectivity index (χ1n) is 9.57. The summed E-state index contributed by atoms with van der Waals surface area (Å²) in [5.74, 6) is 0.0637. The maximum Gasteiger partial charge on any atom is 0.277 e. The number of phenols is 1. The summed E-state index contributed by atoms with van der Waals surface area (Å²) in [5.41, 5.74) is 2.74. The topological polar surface area (TPSA) is 64.9 Å². The molecule has 1 amide bonds. The zero-order chi connectivity index (χ0) is 20.4. The van der Waals surface area contributed by atoms with Crippen LogP contribution in [-0.4, -0.2) is 28.4 Å². The molecule has 1 aliphatic heterocycles. The van der Waals surface area contributed by atoms with E-state index >= 15 is 0 Å². The van der Waals surface area contributed by atoms with E-state index in [4.69, 9.17) is 12.2 Å². The maximum absolute atomic E-state index is 12.8. The Morgan fingerprint density at radius 3 is 2.55 bits per heavy atom. The van der Waals surface area contributed by atoms with E-state index in [1.165, 1.54) is 0 Å². The number of carbonyl (C=O) groups excluding carboxylic acids is 1. The van der Waals surface area contributed by atoms with Crippen LogP contribution >= 0.6 is 12.2 Å². The van der Waals surface area contributed by atoms with Gasteiger partial charge in [0.15, 0.2) is 5.11 Å². The first kappa shape index (κ1) is 19.1. The Labute approximate surface area is 174 Å². The van der Waals surface area contributed by atoms with Crippen molar-refractivity contribution in [3.8, 4) is 5.75 Å². The number of rotatable bonds is 4. The number of aromatic hydroxyl groups is 1. The molecule has 4 rings (SSSR count). The second kappa shape index (κ2) is 8.01. The smallest absolute Gasteiger partial charge is 0.277 e. The highest BCUT2D eigenvalue weighted by Gasteiger charge is 2.33. The summed E-state index contributed by atoms with van der Waals surface area (Å²) in [7, 11) is 0. The largest absolute Gasteiger partial charge is 0.508 e. The minimum Gasteiger partial charge on any atom is -0.508 e. The van der Waals surface area contributed by atoms with Gasteiger partial charge < -0.3 is 15.3 Å². The van der Waals surface area contributed by atoms with E-state index < -0.39 is 0 Å². The molecular weight excluding hydrogens is 382 g/mol. The van der Waals surface area contributed by atoms with Crippen LogP contribution in [0.1, 0.15) is 24.5 Å². The summed E-state index contributed by atoms with van der Waals surface area (Å²) in [6.45, 7) is 2.99. The zero-order valence-corrected chi connectivity index (χ0v) is 16.9. The van der Waals surface area contributed by atoms with Gasteiger partial charge in [0.2, 0.25) is 0 Å². The first-order chi connectivity index (χ1) is 14.1. The number of amides is 1. The van der Waals surface area contributed by atoms with Crippen LogP contribution in [0.4, 0.5) is 5.69 Å². The lowest BCUT2D eigenvalue weighted by atomic mass is 10.1. The van der Waals surface area contributed by atoms with Crippen LogP contribution in [0, 0.1) is 0 Å². The lowest BCUT2D eigenvalue weighted by molar-refractivity contribution is -0.112. The maximum atomic E-state index is 12.8. The van der Waals surface area contributed by atoms with Crippen molar-refractivity contribution in [3.05, 3.63) is 71.8 Å². The standard InChI is InChI=1S/C23H21N3O2S/c1-2-11-26-19-10-6-5-9-18(19)21(22(26)28)25-23(29)24-14-17-12-15-7-3-4-8-16(15)13-20(17)27/h3-10,12-13,27H,2,11,14H2,1H3,(H,24,29). The molecule has 3 aromatic carbocycles. The molecular formula is C23H21N3O2S. The Kier molecular flexibility index (Phi) is 5.27. The molecule has 2 N–H and O–H groups in total. The summed E-state index contributed by atoms with van der Waals surface area (Å²) >= 11 is 5.36. The fourth-order valence-corrected chi connectivity index (χ4v) is 3.71. The Bertz CT molecular complexity index is 1140. The van der Waals surface area contributed by atoms with E-state index in [1.807, 2.05) is 61.5 Å². The zero-order valence-electron chi connectivity index (χ0n) is 16.1. The van der Waals surface area contributed by atoms with Crippen molar-refractivity contribution in [2.24, 2.45) is 4.99 Å². The summed E-state index contributed by atoms with van der Waals surface area (Å²) in [6, 6.07) is 19.1. The molecule has 29 heavy (non-hydrogen) atoms. The number of para-hydroxylation sites is 1. The molecule has 5 nitrogen and oxygen atoms in total. The SMILES string of the molecule is CCCN1C(=O)C(=NC(=S)NCc2cc3ccccc3cc2O)c2ccccc21. The van der Waals surface area contributed by atoms with Crippen LogP contribution in [0.25, 0.3) is 10.8 Å². The Hall–Kier alpha value is -3.25. The second-order valence-electron chi connectivity index (χ2n) is 6.92. The van der Waals surface area contributed by atoms with Crippen molar-refractivity contribution < 1.29 is 9.90 Å². The monoisotopic (exact) mass is 403 g/mol. The molecule has 0 bridgehead atoms. The third kappa shape index (κ3) is 3.71. The van der Waals surface area contributed by atoms with Crippen LogP contribution in [0.15, 0.2) is 65.7 Å². The number of nitrogens with zero attached hydrogens (tertiary/aromatic N) is 2. The lowest BCUT2D eigenvalue weighted by Crippen LogP contribution is -2.32. The Morgan fingerprint density at radius 1 is 1.10 bits per heavy atom. The van der Waals surface area contributed by atoms with Crippen molar-refractivity contribution in [1.82, 2.24) is 5.32 Å². The van der Waals surface area contributed by atoms with Gasteiger partial charge in [-0.1, -0.05) is 49.4 Å². The molecule has 0 unspecified atom stereocenters. The number of anilines is 1. The number of carbonyl (C=O) groups is 1. The summed E-state index contributed by atoms with van der Waals surface area (Å²) in [6.07, 6.45) is 0.858. The molecule has 0 aliphatic carbocycles. The van der Waals surface area contributed by atoms with Crippen molar-refractivity contribution in [2.75, 3.05) is 11.4 Å². The highest BCUT2D eigenvalue weighted by Crippen LogP contribution is 2.29. The third-order valence-corrected chi connectivity index (χ3v) is 5.17. The van der Waals surface area contributed by atoms with E-state index in [2.05, 4.69) is 10.3 Å². The van der Waals surface area contributed by atoms with Gasteiger partial charge >= 0.3 is 0 Å². The molecule has 0 saturated carbocycles. The van der Waals surface area contributed by atoms with Crippen LogP contribution in [0.3, 0.4) is 0 Å². The molecule has 0 aromatic heterocycles. The number of nitrogens with one attached hydrogen (secondary N) is 1. The fraction of sp³-hybridized carbons (Fsp3) is 0.174. The van der Waals surface area contributed by atoms with Gasteiger partial charge in [-0.15, -0.1) is 0 Å². The second-order valence-corrected chi connectivity index (χ2v) is 7.31. The summed E-state index contributed by atoms with van der Waals surface area (Å²) in [5, 5.41) is 15.6. The van der Waals surface area contributed by atoms with Gasteiger partial charge in [0.1, 0.15) is 11.5 Å². The predicted molar refractivity (Wildman–Crippen MR) is 121 cm³/mol. The molecule has 3 aromatic rings. The van der Waals surface area contributed by atoms with Crippen LogP contribution in [-0.2, 0) is 11.3 Å². The quantitative estimate of drug-likeness (QED) is 0.642. The van der Waals surface area contributed by atoms with E-state index in [-0.39, 0.29) is 16.8 Å². The summed E-state index contributed by atoms with van der Waals surface area (Å²) in [4.78, 5) is 19.0. The van der Waals surface area contributed by atoms with Gasteiger partial charge in [-0.05, 0) is 47.6 Å². The number of thiocarbonyl (C=S) groups is 1. The molecule has 1 aliphatic rings. The highest BCUT2D eigenvalue weighted by atomic mass is 32.1. The van der Waals surface area contributed by atoms with Crippen molar-refractivity contribution >= 4 is 45.4 Å². The first-order valence-corrected chi connectivity index (χ1v) is 9.97. The Morgan fingerprint density at radius 2 is 1.79 bits per heavy atom. The minimum atomic E-state index is -0.134. The average Bonchev–Trinajstić information content (AvgIpc) is 2.98. The van der Waals surface area contributed by atoms with Gasteiger partial charge in [-0.25, -0.2) is 4.99 Å². The number of hydrogen-bond donors (Lipinski definition) is 2. The van der Waals surface area contributed by atoms with Gasteiger partial charge in [0.05, 0.1) is 5.69 Å².